The Labute approximate surface area is 233 Å². The number of aryl methyl sites for hydroxylation is 1. The standard InChI is InChI=1S/C30H35N5O5/c1-3-4-6-11-23(17-28(36)34-39-19-21-9-7-5-8-10-21)29(37)31-20-32-30(38)27-15-14-26(40-27)22-12-13-24-18-35(2)33-25(24)16-22/h5,7-10,12-16,18,23H,3-4,6,11,17,19-20H2,1-2H3,(H,31,37)(H,32,38)(H,34,36)/t23-/m1/s1. The first kappa shape index (κ1) is 28.6. The molecular weight excluding hydrogens is 510 g/mol. The lowest BCUT2D eigenvalue weighted by Crippen LogP contribution is -2.41. The average Bonchev–Trinajstić information content (AvgIpc) is 3.59. The van der Waals surface area contributed by atoms with Crippen LogP contribution in [0.3, 0.4) is 0 Å². The molecule has 0 aliphatic carbocycles. The van der Waals surface area contributed by atoms with Crippen LogP contribution in [0.5, 0.6) is 0 Å². The third-order valence-electron chi connectivity index (χ3n) is 6.47. The fourth-order valence-electron chi connectivity index (χ4n) is 4.36. The molecule has 0 fully saturated rings. The van der Waals surface area contributed by atoms with Crippen LogP contribution in [-0.4, -0.2) is 34.2 Å². The smallest absolute Gasteiger partial charge is 0.288 e. The summed E-state index contributed by atoms with van der Waals surface area (Å²) in [5.41, 5.74) is 4.98. The monoisotopic (exact) mass is 545 g/mol. The SMILES string of the molecule is CCCCC[C@H](CC(=O)NOCc1ccccc1)C(=O)NCNC(=O)c1ccc(-c2ccc3cn(C)nc3c2)o1. The van der Waals surface area contributed by atoms with Gasteiger partial charge in [-0.2, -0.15) is 5.10 Å². The van der Waals surface area contributed by atoms with Crippen molar-refractivity contribution >= 4 is 28.6 Å². The first-order chi connectivity index (χ1) is 19.4. The summed E-state index contributed by atoms with van der Waals surface area (Å²) < 4.78 is 7.49. The number of hydrogen-bond donors (Lipinski definition) is 3. The molecule has 0 saturated carbocycles. The van der Waals surface area contributed by atoms with Crippen molar-refractivity contribution in [2.24, 2.45) is 13.0 Å². The van der Waals surface area contributed by atoms with Gasteiger partial charge >= 0.3 is 0 Å². The molecule has 210 valence electrons. The lowest BCUT2D eigenvalue weighted by atomic mass is 9.96. The average molecular weight is 546 g/mol. The van der Waals surface area contributed by atoms with E-state index in [9.17, 15) is 14.4 Å². The molecule has 10 heteroatoms. The van der Waals surface area contributed by atoms with Gasteiger partial charge in [0.05, 0.1) is 18.8 Å². The molecule has 3 N–H and O–H groups in total. The molecule has 0 aliphatic heterocycles. The summed E-state index contributed by atoms with van der Waals surface area (Å²) in [7, 11) is 1.86. The summed E-state index contributed by atoms with van der Waals surface area (Å²) in [5, 5.41) is 10.8. The van der Waals surface area contributed by atoms with Crippen molar-refractivity contribution in [1.29, 1.82) is 0 Å². The van der Waals surface area contributed by atoms with E-state index in [0.29, 0.717) is 12.2 Å². The maximum Gasteiger partial charge on any atom is 0.288 e. The van der Waals surface area contributed by atoms with Gasteiger partial charge in [-0.05, 0) is 30.2 Å². The molecule has 3 amide bonds. The third-order valence-corrected chi connectivity index (χ3v) is 6.47. The van der Waals surface area contributed by atoms with Gasteiger partial charge in [0.15, 0.2) is 5.76 Å². The normalized spacial score (nSPS) is 11.8. The first-order valence-corrected chi connectivity index (χ1v) is 13.5. The number of aromatic nitrogens is 2. The zero-order valence-electron chi connectivity index (χ0n) is 22.8. The second kappa shape index (κ2) is 14.1. The highest BCUT2D eigenvalue weighted by Gasteiger charge is 2.22. The van der Waals surface area contributed by atoms with E-state index in [1.807, 2.05) is 61.8 Å². The number of fused-ring (bicyclic) bond motifs is 1. The highest BCUT2D eigenvalue weighted by Crippen LogP contribution is 2.25. The van der Waals surface area contributed by atoms with Gasteiger partial charge in [-0.1, -0.05) is 68.7 Å². The Hall–Kier alpha value is -4.44. The van der Waals surface area contributed by atoms with Gasteiger partial charge in [0.2, 0.25) is 11.8 Å². The quantitative estimate of drug-likeness (QED) is 0.122. The molecule has 40 heavy (non-hydrogen) atoms. The molecule has 4 aromatic rings. The largest absolute Gasteiger partial charge is 0.451 e. The molecule has 2 aromatic heterocycles. The van der Waals surface area contributed by atoms with Gasteiger partial charge in [-0.3, -0.25) is 23.9 Å². The van der Waals surface area contributed by atoms with Crippen LogP contribution in [0.1, 0.15) is 55.1 Å². The van der Waals surface area contributed by atoms with E-state index >= 15 is 0 Å². The maximum atomic E-state index is 12.9. The Balaban J connectivity index is 1.25. The topological polar surface area (TPSA) is 127 Å². The van der Waals surface area contributed by atoms with Gasteiger partial charge in [0, 0.05) is 36.5 Å². The Morgan fingerprint density at radius 2 is 1.85 bits per heavy atom. The van der Waals surface area contributed by atoms with Gasteiger partial charge < -0.3 is 15.1 Å². The highest BCUT2D eigenvalue weighted by atomic mass is 16.6. The van der Waals surface area contributed by atoms with E-state index in [-0.39, 0.29) is 37.3 Å². The lowest BCUT2D eigenvalue weighted by molar-refractivity contribution is -0.139. The second-order valence-electron chi connectivity index (χ2n) is 9.66. The number of unbranched alkanes of at least 4 members (excludes halogenated alkanes) is 2. The van der Waals surface area contributed by atoms with Crippen molar-refractivity contribution in [3.63, 3.8) is 0 Å². The first-order valence-electron chi connectivity index (χ1n) is 13.5. The predicted octanol–water partition coefficient (Wildman–Crippen LogP) is 4.47. The van der Waals surface area contributed by atoms with Crippen LogP contribution in [0.4, 0.5) is 0 Å². The van der Waals surface area contributed by atoms with E-state index in [1.165, 1.54) is 0 Å². The predicted molar refractivity (Wildman–Crippen MR) is 151 cm³/mol. The Morgan fingerprint density at radius 3 is 2.65 bits per heavy atom. The summed E-state index contributed by atoms with van der Waals surface area (Å²) in [4.78, 5) is 43.2. The van der Waals surface area contributed by atoms with Crippen LogP contribution < -0.4 is 16.1 Å². The molecule has 0 saturated heterocycles. The van der Waals surface area contributed by atoms with E-state index in [2.05, 4.69) is 28.1 Å². The fraction of sp³-hybridized carbons (Fsp3) is 0.333. The molecule has 0 radical (unpaired) electrons. The number of nitrogens with one attached hydrogen (secondary N) is 3. The molecule has 1 atom stereocenters. The van der Waals surface area contributed by atoms with Crippen molar-refractivity contribution in [3.8, 4) is 11.3 Å². The number of carbonyl (C=O) groups is 3. The van der Waals surface area contributed by atoms with Crippen molar-refractivity contribution in [2.75, 3.05) is 6.67 Å². The van der Waals surface area contributed by atoms with Crippen LogP contribution in [0.25, 0.3) is 22.2 Å². The summed E-state index contributed by atoms with van der Waals surface area (Å²) in [5.74, 6) is -1.01. The molecule has 0 spiro atoms. The number of hydroxylamine groups is 1. The van der Waals surface area contributed by atoms with Gasteiger partial charge in [0.1, 0.15) is 5.76 Å². The van der Waals surface area contributed by atoms with Gasteiger partial charge in [-0.25, -0.2) is 5.48 Å². The fourth-order valence-corrected chi connectivity index (χ4v) is 4.36. The van der Waals surface area contributed by atoms with Crippen molar-refractivity contribution in [3.05, 3.63) is 78.2 Å². The number of benzene rings is 2. The van der Waals surface area contributed by atoms with E-state index < -0.39 is 11.8 Å². The zero-order valence-corrected chi connectivity index (χ0v) is 22.8. The molecular formula is C30H35N5O5. The number of furan rings is 1. The second-order valence-corrected chi connectivity index (χ2v) is 9.66. The summed E-state index contributed by atoms with van der Waals surface area (Å²) in [6, 6.07) is 18.5. The van der Waals surface area contributed by atoms with E-state index in [1.54, 1.807) is 16.8 Å². The molecule has 10 nitrogen and oxygen atoms in total. The number of carbonyl (C=O) groups excluding carboxylic acids is 3. The molecule has 4 rings (SSSR count). The van der Waals surface area contributed by atoms with E-state index in [4.69, 9.17) is 9.25 Å². The van der Waals surface area contributed by atoms with Crippen molar-refractivity contribution in [2.45, 2.75) is 45.6 Å². The highest BCUT2D eigenvalue weighted by molar-refractivity contribution is 5.93. The Bertz CT molecular complexity index is 1430. The van der Waals surface area contributed by atoms with Crippen molar-refractivity contribution < 1.29 is 23.6 Å². The lowest BCUT2D eigenvalue weighted by Gasteiger charge is -2.17. The third kappa shape index (κ3) is 8.03. The maximum absolute atomic E-state index is 12.9. The van der Waals surface area contributed by atoms with Crippen LogP contribution in [0.2, 0.25) is 0 Å². The minimum absolute atomic E-state index is 0.0134. The Kier molecular flexibility index (Phi) is 10.1. The summed E-state index contributed by atoms with van der Waals surface area (Å²) >= 11 is 0. The van der Waals surface area contributed by atoms with E-state index in [0.717, 1.165) is 41.3 Å². The van der Waals surface area contributed by atoms with Crippen LogP contribution in [0, 0.1) is 5.92 Å². The molecule has 0 unspecified atom stereocenters. The van der Waals surface area contributed by atoms with Crippen molar-refractivity contribution in [1.82, 2.24) is 25.9 Å². The molecule has 0 bridgehead atoms. The Morgan fingerprint density at radius 1 is 1.02 bits per heavy atom. The molecule has 0 aliphatic rings. The van der Waals surface area contributed by atoms with Crippen LogP contribution in [0.15, 0.2) is 71.3 Å². The van der Waals surface area contributed by atoms with Crippen LogP contribution in [-0.2, 0) is 28.1 Å². The molecule has 2 aromatic carbocycles. The minimum Gasteiger partial charge on any atom is -0.451 e. The van der Waals surface area contributed by atoms with Crippen LogP contribution >= 0.6 is 0 Å². The minimum atomic E-state index is -0.541. The summed E-state index contributed by atoms with van der Waals surface area (Å²) in [6.07, 6.45) is 5.24. The van der Waals surface area contributed by atoms with Gasteiger partial charge in [0.25, 0.3) is 5.91 Å². The molecule has 2 heterocycles. The number of hydrogen-bond acceptors (Lipinski definition) is 6. The number of rotatable bonds is 14. The zero-order chi connectivity index (χ0) is 28.3. The summed E-state index contributed by atoms with van der Waals surface area (Å²) in [6.45, 7) is 2.22. The number of nitrogens with zero attached hydrogens (tertiary/aromatic N) is 2. The van der Waals surface area contributed by atoms with Gasteiger partial charge in [-0.15, -0.1) is 0 Å². The number of amides is 3.